The highest BCUT2D eigenvalue weighted by atomic mass is 16.4. The van der Waals surface area contributed by atoms with Crippen LogP contribution in [0.15, 0.2) is 12.2 Å². The lowest BCUT2D eigenvalue weighted by molar-refractivity contribution is -0.153. The van der Waals surface area contributed by atoms with E-state index in [1.165, 1.54) is 32.1 Å². The summed E-state index contributed by atoms with van der Waals surface area (Å²) in [7, 11) is 0. The number of carbonyl (C=O) groups is 2. The normalized spacial score (nSPS) is 13.9. The highest BCUT2D eigenvalue weighted by Gasteiger charge is 2.37. The van der Waals surface area contributed by atoms with E-state index in [1.807, 2.05) is 6.08 Å². The third kappa shape index (κ3) is 10.5. The van der Waals surface area contributed by atoms with Gasteiger partial charge in [0, 0.05) is 0 Å². The number of rotatable bonds is 16. The van der Waals surface area contributed by atoms with Gasteiger partial charge in [-0.05, 0) is 19.3 Å². The standard InChI is InChI=1S/C20H36O4/c1-3-5-7-9-11-13-15-20(19(23)24,17-18(21)22)16-14-12-10-8-6-4-2/h13,15H,3-12,14,16-17H2,1-2H3,(H,21,22)(H,23,24). The zero-order valence-corrected chi connectivity index (χ0v) is 15.6. The summed E-state index contributed by atoms with van der Waals surface area (Å²) in [6.07, 6.45) is 15.3. The van der Waals surface area contributed by atoms with Crippen molar-refractivity contribution >= 4 is 11.9 Å². The lowest BCUT2D eigenvalue weighted by Gasteiger charge is -2.24. The van der Waals surface area contributed by atoms with Crippen LogP contribution in [-0.4, -0.2) is 22.2 Å². The molecule has 0 aliphatic rings. The van der Waals surface area contributed by atoms with Crippen molar-refractivity contribution in [2.45, 2.75) is 97.3 Å². The predicted octanol–water partition coefficient (Wildman–Crippen LogP) is 5.81. The molecule has 0 heterocycles. The quantitative estimate of drug-likeness (QED) is 0.275. The molecule has 0 saturated carbocycles. The number of aliphatic carboxylic acids is 2. The van der Waals surface area contributed by atoms with Crippen molar-refractivity contribution in [1.82, 2.24) is 0 Å². The molecule has 4 nitrogen and oxygen atoms in total. The topological polar surface area (TPSA) is 74.6 Å². The predicted molar refractivity (Wildman–Crippen MR) is 98.2 cm³/mol. The molecule has 0 aromatic carbocycles. The first-order valence-electron chi connectivity index (χ1n) is 9.61. The summed E-state index contributed by atoms with van der Waals surface area (Å²) in [5, 5.41) is 18.8. The lowest BCUT2D eigenvalue weighted by atomic mass is 9.78. The van der Waals surface area contributed by atoms with Crippen LogP contribution < -0.4 is 0 Å². The van der Waals surface area contributed by atoms with E-state index in [0.717, 1.165) is 38.5 Å². The number of hydrogen-bond donors (Lipinski definition) is 2. The summed E-state index contributed by atoms with van der Waals surface area (Å²) in [6.45, 7) is 4.31. The fourth-order valence-electron chi connectivity index (χ4n) is 2.97. The van der Waals surface area contributed by atoms with E-state index >= 15 is 0 Å². The molecule has 4 heteroatoms. The molecule has 0 rings (SSSR count). The van der Waals surface area contributed by atoms with Gasteiger partial charge in [0.25, 0.3) is 0 Å². The van der Waals surface area contributed by atoms with Crippen molar-refractivity contribution in [3.63, 3.8) is 0 Å². The van der Waals surface area contributed by atoms with Gasteiger partial charge in [-0.2, -0.15) is 0 Å². The highest BCUT2D eigenvalue weighted by Crippen LogP contribution is 2.32. The fraction of sp³-hybridized carbons (Fsp3) is 0.800. The second-order valence-electron chi connectivity index (χ2n) is 6.80. The van der Waals surface area contributed by atoms with Gasteiger partial charge < -0.3 is 10.2 Å². The van der Waals surface area contributed by atoms with Crippen LogP contribution >= 0.6 is 0 Å². The maximum Gasteiger partial charge on any atom is 0.314 e. The minimum atomic E-state index is -1.25. The molecule has 1 unspecified atom stereocenters. The molecular formula is C20H36O4. The molecule has 0 spiro atoms. The molecule has 24 heavy (non-hydrogen) atoms. The zero-order chi connectivity index (χ0) is 18.3. The van der Waals surface area contributed by atoms with Crippen LogP contribution in [0.1, 0.15) is 97.3 Å². The van der Waals surface area contributed by atoms with E-state index in [0.29, 0.717) is 6.42 Å². The SMILES string of the molecule is CCCCCCC=CC(CCCCCCCC)(CC(=O)O)C(=O)O. The first-order valence-corrected chi connectivity index (χ1v) is 9.61. The lowest BCUT2D eigenvalue weighted by Crippen LogP contribution is -2.31. The fourth-order valence-corrected chi connectivity index (χ4v) is 2.97. The van der Waals surface area contributed by atoms with Crippen molar-refractivity contribution < 1.29 is 19.8 Å². The highest BCUT2D eigenvalue weighted by molar-refractivity contribution is 5.83. The summed E-state index contributed by atoms with van der Waals surface area (Å²) in [5.74, 6) is -2.05. The molecule has 140 valence electrons. The van der Waals surface area contributed by atoms with Gasteiger partial charge in [0.1, 0.15) is 0 Å². The van der Waals surface area contributed by atoms with E-state index in [9.17, 15) is 14.7 Å². The van der Waals surface area contributed by atoms with Gasteiger partial charge in [0.15, 0.2) is 0 Å². The Labute approximate surface area is 147 Å². The Kier molecular flexibility index (Phi) is 13.3. The number of unbranched alkanes of at least 4 members (excludes halogenated alkanes) is 9. The summed E-state index contributed by atoms with van der Waals surface area (Å²) in [6, 6.07) is 0. The molecule has 0 amide bonds. The maximum atomic E-state index is 11.8. The molecule has 0 aromatic rings. The first kappa shape index (κ1) is 22.7. The zero-order valence-electron chi connectivity index (χ0n) is 15.6. The second-order valence-corrected chi connectivity index (χ2v) is 6.80. The van der Waals surface area contributed by atoms with Crippen LogP contribution in [0.5, 0.6) is 0 Å². The van der Waals surface area contributed by atoms with Crippen LogP contribution in [0.2, 0.25) is 0 Å². The number of carboxylic acid groups (broad SMARTS) is 2. The Morgan fingerprint density at radius 1 is 0.833 bits per heavy atom. The van der Waals surface area contributed by atoms with E-state index in [-0.39, 0.29) is 6.42 Å². The van der Waals surface area contributed by atoms with Gasteiger partial charge in [0.2, 0.25) is 0 Å². The Morgan fingerprint density at radius 3 is 1.92 bits per heavy atom. The van der Waals surface area contributed by atoms with Crippen LogP contribution in [0.25, 0.3) is 0 Å². The van der Waals surface area contributed by atoms with E-state index in [4.69, 9.17) is 5.11 Å². The van der Waals surface area contributed by atoms with Gasteiger partial charge in [-0.3, -0.25) is 9.59 Å². The van der Waals surface area contributed by atoms with Crippen molar-refractivity contribution in [2.75, 3.05) is 0 Å². The smallest absolute Gasteiger partial charge is 0.314 e. The molecule has 0 bridgehead atoms. The van der Waals surface area contributed by atoms with E-state index in [1.54, 1.807) is 6.08 Å². The van der Waals surface area contributed by atoms with Crippen LogP contribution in [-0.2, 0) is 9.59 Å². The molecule has 0 fully saturated rings. The van der Waals surface area contributed by atoms with Gasteiger partial charge in [-0.1, -0.05) is 83.8 Å². The van der Waals surface area contributed by atoms with Crippen molar-refractivity contribution in [1.29, 1.82) is 0 Å². The molecule has 0 aliphatic heterocycles. The van der Waals surface area contributed by atoms with Crippen molar-refractivity contribution in [3.05, 3.63) is 12.2 Å². The van der Waals surface area contributed by atoms with Gasteiger partial charge in [-0.25, -0.2) is 0 Å². The van der Waals surface area contributed by atoms with Gasteiger partial charge in [0.05, 0.1) is 11.8 Å². The Morgan fingerprint density at radius 2 is 1.38 bits per heavy atom. The van der Waals surface area contributed by atoms with E-state index in [2.05, 4.69) is 13.8 Å². The minimum absolute atomic E-state index is 0.331. The summed E-state index contributed by atoms with van der Waals surface area (Å²) in [5.41, 5.74) is -1.25. The van der Waals surface area contributed by atoms with Crippen LogP contribution in [0.4, 0.5) is 0 Å². The summed E-state index contributed by atoms with van der Waals surface area (Å²) in [4.78, 5) is 22.9. The average molecular weight is 341 g/mol. The van der Waals surface area contributed by atoms with E-state index < -0.39 is 17.4 Å². The second kappa shape index (κ2) is 14.1. The molecular weight excluding hydrogens is 304 g/mol. The Balaban J connectivity index is 4.59. The summed E-state index contributed by atoms with van der Waals surface area (Å²) < 4.78 is 0. The summed E-state index contributed by atoms with van der Waals surface area (Å²) >= 11 is 0. The Bertz CT molecular complexity index is 376. The van der Waals surface area contributed by atoms with Crippen molar-refractivity contribution in [2.24, 2.45) is 5.41 Å². The van der Waals surface area contributed by atoms with Crippen LogP contribution in [0, 0.1) is 5.41 Å². The van der Waals surface area contributed by atoms with Crippen LogP contribution in [0.3, 0.4) is 0 Å². The molecule has 2 N–H and O–H groups in total. The third-order valence-corrected chi connectivity index (χ3v) is 4.53. The number of allylic oxidation sites excluding steroid dienone is 1. The Hall–Kier alpha value is -1.32. The maximum absolute atomic E-state index is 11.8. The molecule has 1 atom stereocenters. The monoisotopic (exact) mass is 340 g/mol. The van der Waals surface area contributed by atoms with Crippen molar-refractivity contribution in [3.8, 4) is 0 Å². The molecule has 0 aliphatic carbocycles. The minimum Gasteiger partial charge on any atom is -0.481 e. The number of carboxylic acids is 2. The molecule has 0 saturated heterocycles. The molecule has 0 radical (unpaired) electrons. The number of hydrogen-bond acceptors (Lipinski definition) is 2. The van der Waals surface area contributed by atoms with Gasteiger partial charge in [-0.15, -0.1) is 0 Å². The third-order valence-electron chi connectivity index (χ3n) is 4.53. The average Bonchev–Trinajstić information content (AvgIpc) is 2.53. The van der Waals surface area contributed by atoms with Gasteiger partial charge >= 0.3 is 11.9 Å². The molecule has 0 aromatic heterocycles. The largest absolute Gasteiger partial charge is 0.481 e. The first-order chi connectivity index (χ1) is 11.5.